The van der Waals surface area contributed by atoms with Crippen molar-refractivity contribution in [1.82, 2.24) is 0 Å². The van der Waals surface area contributed by atoms with E-state index >= 15 is 0 Å². The van der Waals surface area contributed by atoms with E-state index in [-0.39, 0.29) is 0 Å². The highest BCUT2D eigenvalue weighted by atomic mass is 19.4. The Morgan fingerprint density at radius 1 is 0.564 bits per heavy atom. The molecule has 0 saturated carbocycles. The number of alkyl halides is 19. The number of esters is 1. The second-order valence-corrected chi connectivity index (χ2v) is 6.66. The molecular weight excluding hydrogens is 621 g/mol. The summed E-state index contributed by atoms with van der Waals surface area (Å²) < 4.78 is 254. The molecule has 0 aliphatic heterocycles. The molecule has 0 N–H and O–H groups in total. The predicted octanol–water partition coefficient (Wildman–Crippen LogP) is 6.94. The van der Waals surface area contributed by atoms with Gasteiger partial charge in [-0.15, -0.1) is 0 Å². The maximum absolute atomic E-state index is 13.5. The maximum atomic E-state index is 13.5. The van der Waals surface area contributed by atoms with E-state index in [1.165, 1.54) is 9.47 Å². The van der Waals surface area contributed by atoms with Gasteiger partial charge in [0.05, 0.1) is 6.61 Å². The second kappa shape index (κ2) is 11.0. The Labute approximate surface area is 201 Å². The van der Waals surface area contributed by atoms with Gasteiger partial charge < -0.3 is 4.74 Å². The lowest BCUT2D eigenvalue weighted by Crippen LogP contribution is -2.61. The van der Waals surface area contributed by atoms with Crippen molar-refractivity contribution in [2.24, 2.45) is 0 Å². The lowest BCUT2D eigenvalue weighted by atomic mass is 10.1. The fraction of sp³-hybridized carbons (Fsp3) is 0.800. The molecular formula is C15H9F19O5. The Kier molecular flexibility index (Phi) is 10.3. The topological polar surface area (TPSA) is 54.0 Å². The first-order chi connectivity index (χ1) is 16.8. The van der Waals surface area contributed by atoms with E-state index in [1.54, 1.807) is 4.74 Å². The van der Waals surface area contributed by atoms with Gasteiger partial charge in [0, 0.05) is 12.5 Å². The van der Waals surface area contributed by atoms with Crippen LogP contribution in [0.15, 0.2) is 12.7 Å². The van der Waals surface area contributed by atoms with Crippen molar-refractivity contribution >= 4 is 5.97 Å². The van der Waals surface area contributed by atoms with Gasteiger partial charge in [0.2, 0.25) is 0 Å². The highest BCUT2D eigenvalue weighted by molar-refractivity contribution is 5.81. The Morgan fingerprint density at radius 3 is 1.23 bits per heavy atom. The normalized spacial score (nSPS) is 15.4. The van der Waals surface area contributed by atoms with Crippen LogP contribution in [0.3, 0.4) is 0 Å². The van der Waals surface area contributed by atoms with Gasteiger partial charge in [0.15, 0.2) is 0 Å². The average molecular weight is 630 g/mol. The van der Waals surface area contributed by atoms with E-state index < -0.39 is 80.1 Å². The predicted molar refractivity (Wildman–Crippen MR) is 79.3 cm³/mol. The number of carbonyl (C=O) groups is 1. The summed E-state index contributed by atoms with van der Waals surface area (Å²) in [5.74, 6) is -15.0. The van der Waals surface area contributed by atoms with Crippen molar-refractivity contribution in [1.29, 1.82) is 0 Å². The van der Waals surface area contributed by atoms with Gasteiger partial charge in [-0.05, 0) is 6.42 Å². The summed E-state index contributed by atoms with van der Waals surface area (Å²) in [5.41, 5.74) is 0. The van der Waals surface area contributed by atoms with Crippen LogP contribution in [0.25, 0.3) is 0 Å². The summed E-state index contributed by atoms with van der Waals surface area (Å²) >= 11 is 0. The molecule has 0 radical (unpaired) electrons. The molecule has 0 bridgehead atoms. The molecule has 0 amide bonds. The molecule has 232 valence electrons. The summed E-state index contributed by atoms with van der Waals surface area (Å²) in [6.45, 7) is 1.67. The number of halogens is 19. The molecule has 0 saturated heterocycles. The van der Waals surface area contributed by atoms with E-state index in [1.807, 2.05) is 0 Å². The fourth-order valence-corrected chi connectivity index (χ4v) is 1.70. The van der Waals surface area contributed by atoms with Crippen LogP contribution in [0.2, 0.25) is 0 Å². The SMILES string of the molecule is C=CC(=O)OCCCC(F)(F)C(F)(F)OC(F)(F)C(F)(F)OC(F)(F)C(F)(F)OC(F)(F)C(F)(F)C(F)(F)F. The smallest absolute Gasteiger partial charge is 0.462 e. The van der Waals surface area contributed by atoms with Gasteiger partial charge in [0.25, 0.3) is 0 Å². The van der Waals surface area contributed by atoms with E-state index in [9.17, 15) is 88.2 Å². The largest absolute Gasteiger partial charge is 0.463 e. The van der Waals surface area contributed by atoms with Crippen LogP contribution in [-0.4, -0.2) is 67.2 Å². The zero-order valence-corrected chi connectivity index (χ0v) is 17.6. The molecule has 0 atom stereocenters. The van der Waals surface area contributed by atoms with Gasteiger partial charge in [-0.3, -0.25) is 0 Å². The van der Waals surface area contributed by atoms with Gasteiger partial charge in [0.1, 0.15) is 0 Å². The zero-order chi connectivity index (χ0) is 31.7. The molecule has 0 heterocycles. The number of carbonyl (C=O) groups excluding carboxylic acids is 1. The highest BCUT2D eigenvalue weighted by Gasteiger charge is 2.81. The first kappa shape index (κ1) is 36.8. The highest BCUT2D eigenvalue weighted by Crippen LogP contribution is 2.54. The molecule has 0 aliphatic carbocycles. The van der Waals surface area contributed by atoms with E-state index in [2.05, 4.69) is 11.3 Å². The summed E-state index contributed by atoms with van der Waals surface area (Å²) in [6, 6.07) is 0. The third-order valence-corrected chi connectivity index (χ3v) is 3.64. The third-order valence-electron chi connectivity index (χ3n) is 3.64. The standard InChI is InChI=1S/C15H9F19O5/c1-2-6(35)36-5-3-4-7(16,17)10(23,24)37-12(27,28)14(31,32)39-15(33,34)13(29,30)38-11(25,26)8(18,19)9(20,21)22/h2H,1,3-5H2. The summed E-state index contributed by atoms with van der Waals surface area (Å²) in [4.78, 5) is 10.6. The minimum atomic E-state index is -7.81. The molecule has 0 aliphatic rings. The van der Waals surface area contributed by atoms with Gasteiger partial charge in [-0.1, -0.05) is 6.58 Å². The molecule has 24 heteroatoms. The van der Waals surface area contributed by atoms with Crippen LogP contribution in [0.5, 0.6) is 0 Å². The summed E-state index contributed by atoms with van der Waals surface area (Å²) in [5, 5.41) is 0. The second-order valence-electron chi connectivity index (χ2n) is 6.66. The van der Waals surface area contributed by atoms with Crippen molar-refractivity contribution in [3.8, 4) is 0 Å². The van der Waals surface area contributed by atoms with Crippen molar-refractivity contribution < 1.29 is 107 Å². The molecule has 39 heavy (non-hydrogen) atoms. The summed E-state index contributed by atoms with van der Waals surface area (Å²) in [7, 11) is 0. The minimum absolute atomic E-state index is 0.436. The Bertz CT molecular complexity index is 866. The molecule has 0 aromatic heterocycles. The van der Waals surface area contributed by atoms with Gasteiger partial charge in [-0.25, -0.2) is 19.0 Å². The maximum Gasteiger partial charge on any atom is 0.462 e. The lowest BCUT2D eigenvalue weighted by molar-refractivity contribution is -0.572. The number of ether oxygens (including phenoxy) is 4. The molecule has 0 aromatic rings. The summed E-state index contributed by atoms with van der Waals surface area (Å²) in [6.07, 6.45) is -56.1. The molecule has 0 rings (SSSR count). The molecule has 5 nitrogen and oxygen atoms in total. The molecule has 0 fully saturated rings. The van der Waals surface area contributed by atoms with Crippen molar-refractivity contribution in [2.45, 2.75) is 67.5 Å². The third kappa shape index (κ3) is 8.14. The Morgan fingerprint density at radius 2 is 0.897 bits per heavy atom. The fourth-order valence-electron chi connectivity index (χ4n) is 1.70. The van der Waals surface area contributed by atoms with Gasteiger partial charge >= 0.3 is 60.6 Å². The number of hydrogen-bond acceptors (Lipinski definition) is 5. The first-order valence-electron chi connectivity index (χ1n) is 8.81. The zero-order valence-electron chi connectivity index (χ0n) is 17.6. The lowest BCUT2D eigenvalue weighted by Gasteiger charge is -2.36. The molecule has 0 spiro atoms. The van der Waals surface area contributed by atoms with Crippen LogP contribution in [-0.2, 0) is 23.7 Å². The van der Waals surface area contributed by atoms with Crippen LogP contribution in [0, 0.1) is 0 Å². The van der Waals surface area contributed by atoms with Crippen LogP contribution < -0.4 is 0 Å². The van der Waals surface area contributed by atoms with E-state index in [0.29, 0.717) is 6.08 Å². The number of rotatable bonds is 15. The Hall–Kier alpha value is -2.24. The Balaban J connectivity index is 5.83. The van der Waals surface area contributed by atoms with Crippen LogP contribution in [0.4, 0.5) is 83.4 Å². The van der Waals surface area contributed by atoms with Crippen molar-refractivity contribution in [3.63, 3.8) is 0 Å². The molecule has 0 unspecified atom stereocenters. The van der Waals surface area contributed by atoms with E-state index in [0.717, 1.165) is 0 Å². The number of hydrogen-bond donors (Lipinski definition) is 0. The first-order valence-corrected chi connectivity index (χ1v) is 8.81. The van der Waals surface area contributed by atoms with Crippen molar-refractivity contribution in [2.75, 3.05) is 6.61 Å². The van der Waals surface area contributed by atoms with E-state index in [4.69, 9.17) is 0 Å². The quantitative estimate of drug-likeness (QED) is 0.0851. The van der Waals surface area contributed by atoms with Gasteiger partial charge in [-0.2, -0.15) is 83.4 Å². The average Bonchev–Trinajstić information content (AvgIpc) is 2.67. The minimum Gasteiger partial charge on any atom is -0.463 e. The van der Waals surface area contributed by atoms with Crippen molar-refractivity contribution in [3.05, 3.63) is 12.7 Å². The van der Waals surface area contributed by atoms with Crippen LogP contribution in [0.1, 0.15) is 12.8 Å². The van der Waals surface area contributed by atoms with Crippen LogP contribution >= 0.6 is 0 Å². The monoisotopic (exact) mass is 630 g/mol. The molecule has 0 aromatic carbocycles.